The zero-order valence-electron chi connectivity index (χ0n) is 16.3. The Balaban J connectivity index is 1.80. The Labute approximate surface area is 171 Å². The smallest absolute Gasteiger partial charge is 0.346 e. The number of benzene rings is 2. The van der Waals surface area contributed by atoms with Crippen LogP contribution >= 0.6 is 11.3 Å². The molecule has 0 unspecified atom stereocenters. The van der Waals surface area contributed by atoms with Crippen molar-refractivity contribution in [3.8, 4) is 27.6 Å². The molecule has 2 aromatic carbocycles. The topological polar surface area (TPSA) is 69.4 Å². The largest absolute Gasteiger partial charge is 0.427 e. The molecule has 0 aliphatic rings. The van der Waals surface area contributed by atoms with Gasteiger partial charge in [-0.25, -0.2) is 9.78 Å². The standard InChI is InChI=1S/C23H19NO4S/c1-4-20-21(15-7-5-13(2)6-8-15)24-22(29-20)18-11-16-9-10-17(27-14(3)25)12-19(16)28-23(18)26/h5-12H,4H2,1-3H3. The van der Waals surface area contributed by atoms with E-state index in [1.807, 2.05) is 19.1 Å². The lowest BCUT2D eigenvalue weighted by atomic mass is 10.1. The highest BCUT2D eigenvalue weighted by Gasteiger charge is 2.17. The number of nitrogens with zero attached hydrogens (tertiary/aromatic N) is 1. The Bertz CT molecular complexity index is 1270. The van der Waals surface area contributed by atoms with E-state index >= 15 is 0 Å². The maximum absolute atomic E-state index is 12.6. The van der Waals surface area contributed by atoms with Gasteiger partial charge in [-0.05, 0) is 31.5 Å². The van der Waals surface area contributed by atoms with Gasteiger partial charge in [0.2, 0.25) is 0 Å². The molecule has 0 saturated carbocycles. The van der Waals surface area contributed by atoms with Gasteiger partial charge in [-0.15, -0.1) is 11.3 Å². The number of hydrogen-bond donors (Lipinski definition) is 0. The van der Waals surface area contributed by atoms with Crippen LogP contribution in [0.4, 0.5) is 0 Å². The summed E-state index contributed by atoms with van der Waals surface area (Å²) in [4.78, 5) is 29.7. The van der Waals surface area contributed by atoms with Crippen molar-refractivity contribution in [3.63, 3.8) is 0 Å². The van der Waals surface area contributed by atoms with Crippen molar-refractivity contribution >= 4 is 28.3 Å². The SMILES string of the molecule is CCc1sc(-c2cc3ccc(OC(C)=O)cc3oc2=O)nc1-c1ccc(C)cc1. The van der Waals surface area contributed by atoms with Gasteiger partial charge in [0.1, 0.15) is 16.3 Å². The van der Waals surface area contributed by atoms with Gasteiger partial charge in [0, 0.05) is 28.8 Å². The van der Waals surface area contributed by atoms with Crippen LogP contribution in [0.2, 0.25) is 0 Å². The number of carbonyl (C=O) groups excluding carboxylic acids is 1. The molecule has 0 atom stereocenters. The molecule has 2 heterocycles. The van der Waals surface area contributed by atoms with Gasteiger partial charge in [-0.1, -0.05) is 36.8 Å². The molecular weight excluding hydrogens is 386 g/mol. The zero-order valence-corrected chi connectivity index (χ0v) is 17.1. The molecular formula is C23H19NO4S. The molecule has 0 N–H and O–H groups in total. The first-order chi connectivity index (χ1) is 13.9. The summed E-state index contributed by atoms with van der Waals surface area (Å²) in [5, 5.41) is 1.37. The van der Waals surface area contributed by atoms with Crippen molar-refractivity contribution < 1.29 is 13.9 Å². The minimum Gasteiger partial charge on any atom is -0.427 e. The lowest BCUT2D eigenvalue weighted by Crippen LogP contribution is -2.04. The van der Waals surface area contributed by atoms with E-state index < -0.39 is 11.6 Å². The fourth-order valence-electron chi connectivity index (χ4n) is 3.11. The highest BCUT2D eigenvalue weighted by Crippen LogP contribution is 2.34. The van der Waals surface area contributed by atoms with Crippen molar-refractivity contribution in [1.29, 1.82) is 0 Å². The van der Waals surface area contributed by atoms with E-state index in [1.165, 1.54) is 23.8 Å². The number of hydrogen-bond acceptors (Lipinski definition) is 6. The summed E-state index contributed by atoms with van der Waals surface area (Å²) in [6, 6.07) is 15.0. The van der Waals surface area contributed by atoms with Gasteiger partial charge in [-0.2, -0.15) is 0 Å². The quantitative estimate of drug-likeness (QED) is 0.259. The van der Waals surface area contributed by atoms with E-state index in [9.17, 15) is 9.59 Å². The van der Waals surface area contributed by atoms with Crippen molar-refractivity contribution in [2.24, 2.45) is 0 Å². The molecule has 0 amide bonds. The maximum Gasteiger partial charge on any atom is 0.346 e. The molecule has 4 rings (SSSR count). The van der Waals surface area contributed by atoms with Crippen molar-refractivity contribution in [3.05, 3.63) is 69.4 Å². The van der Waals surface area contributed by atoms with Gasteiger partial charge in [-0.3, -0.25) is 4.79 Å². The first-order valence-corrected chi connectivity index (χ1v) is 10.1. The number of rotatable bonds is 4. The van der Waals surface area contributed by atoms with Crippen LogP contribution in [0.1, 0.15) is 24.3 Å². The average Bonchev–Trinajstić information content (AvgIpc) is 3.11. The van der Waals surface area contributed by atoms with Crippen LogP contribution in [0.25, 0.3) is 32.8 Å². The van der Waals surface area contributed by atoms with Crippen molar-refractivity contribution in [1.82, 2.24) is 4.98 Å². The van der Waals surface area contributed by atoms with Crippen LogP contribution in [0.5, 0.6) is 5.75 Å². The van der Waals surface area contributed by atoms with E-state index in [-0.39, 0.29) is 0 Å². The van der Waals surface area contributed by atoms with E-state index in [1.54, 1.807) is 24.3 Å². The molecule has 2 aromatic heterocycles. The van der Waals surface area contributed by atoms with Gasteiger partial charge >= 0.3 is 11.6 Å². The fraction of sp³-hybridized carbons (Fsp3) is 0.174. The molecule has 0 aliphatic carbocycles. The Kier molecular flexibility index (Phi) is 5.03. The minimum absolute atomic E-state index is 0.338. The Morgan fingerprint density at radius 1 is 1.14 bits per heavy atom. The minimum atomic E-state index is -0.468. The van der Waals surface area contributed by atoms with E-state index in [0.717, 1.165) is 27.9 Å². The molecule has 0 fully saturated rings. The summed E-state index contributed by atoms with van der Waals surface area (Å²) in [6.45, 7) is 5.45. The second-order valence-corrected chi connectivity index (χ2v) is 7.83. The third-order valence-corrected chi connectivity index (χ3v) is 5.78. The van der Waals surface area contributed by atoms with Crippen LogP contribution in [0, 0.1) is 6.92 Å². The van der Waals surface area contributed by atoms with Crippen molar-refractivity contribution in [2.75, 3.05) is 0 Å². The summed E-state index contributed by atoms with van der Waals surface area (Å²) >= 11 is 1.51. The van der Waals surface area contributed by atoms with Crippen LogP contribution < -0.4 is 10.4 Å². The number of fused-ring (bicyclic) bond motifs is 1. The average molecular weight is 405 g/mol. The molecule has 0 aliphatic heterocycles. The number of carbonyl (C=O) groups is 1. The summed E-state index contributed by atoms with van der Waals surface area (Å²) in [7, 11) is 0. The molecule has 6 heteroatoms. The van der Waals surface area contributed by atoms with Gasteiger partial charge in [0.05, 0.1) is 11.3 Å². The van der Waals surface area contributed by atoms with Crippen LogP contribution in [-0.2, 0) is 11.2 Å². The summed E-state index contributed by atoms with van der Waals surface area (Å²) in [5.74, 6) is -0.0908. The first-order valence-electron chi connectivity index (χ1n) is 9.28. The molecule has 0 bridgehead atoms. The third-order valence-electron chi connectivity index (χ3n) is 4.54. The van der Waals surface area contributed by atoms with Crippen LogP contribution in [0.15, 0.2) is 57.7 Å². The molecule has 0 saturated heterocycles. The molecule has 0 spiro atoms. The highest BCUT2D eigenvalue weighted by atomic mass is 32.1. The number of thiazole rings is 1. The summed E-state index contributed by atoms with van der Waals surface area (Å²) in [6.07, 6.45) is 0.825. The van der Waals surface area contributed by atoms with Crippen molar-refractivity contribution in [2.45, 2.75) is 27.2 Å². The molecule has 0 radical (unpaired) electrons. The Morgan fingerprint density at radius 2 is 1.90 bits per heavy atom. The third kappa shape index (κ3) is 3.84. The predicted octanol–water partition coefficient (Wildman–Crippen LogP) is 5.38. The lowest BCUT2D eigenvalue weighted by Gasteiger charge is -2.03. The number of aryl methyl sites for hydroxylation is 2. The Morgan fingerprint density at radius 3 is 2.59 bits per heavy atom. The molecule has 4 aromatic rings. The molecule has 146 valence electrons. The zero-order chi connectivity index (χ0) is 20.5. The summed E-state index contributed by atoms with van der Waals surface area (Å²) < 4.78 is 10.6. The first kappa shape index (κ1) is 19.1. The van der Waals surface area contributed by atoms with Gasteiger partial charge < -0.3 is 9.15 Å². The van der Waals surface area contributed by atoms with E-state index in [2.05, 4.69) is 19.1 Å². The van der Waals surface area contributed by atoms with E-state index in [0.29, 0.717) is 21.9 Å². The highest BCUT2D eigenvalue weighted by molar-refractivity contribution is 7.15. The predicted molar refractivity (Wildman–Crippen MR) is 114 cm³/mol. The van der Waals surface area contributed by atoms with Crippen LogP contribution in [0.3, 0.4) is 0 Å². The summed E-state index contributed by atoms with van der Waals surface area (Å²) in [5.41, 5.74) is 3.44. The Hall–Kier alpha value is -3.25. The fourth-order valence-corrected chi connectivity index (χ4v) is 4.14. The van der Waals surface area contributed by atoms with Gasteiger partial charge in [0.25, 0.3) is 0 Å². The number of aromatic nitrogens is 1. The second kappa shape index (κ2) is 7.64. The lowest BCUT2D eigenvalue weighted by molar-refractivity contribution is -0.131. The van der Waals surface area contributed by atoms with E-state index in [4.69, 9.17) is 14.1 Å². The normalized spacial score (nSPS) is 11.0. The monoisotopic (exact) mass is 405 g/mol. The molecule has 5 nitrogen and oxygen atoms in total. The number of esters is 1. The van der Waals surface area contributed by atoms with Crippen LogP contribution in [-0.4, -0.2) is 11.0 Å². The second-order valence-electron chi connectivity index (χ2n) is 6.75. The van der Waals surface area contributed by atoms with Gasteiger partial charge in [0.15, 0.2) is 0 Å². The molecule has 29 heavy (non-hydrogen) atoms. The number of ether oxygens (including phenoxy) is 1. The maximum atomic E-state index is 12.6.